The molecule has 0 amide bonds. The monoisotopic (exact) mass is 203 g/mol. The van der Waals surface area contributed by atoms with Crippen molar-refractivity contribution in [3.63, 3.8) is 0 Å². The summed E-state index contributed by atoms with van der Waals surface area (Å²) in [5.74, 6) is 0. The predicted octanol–water partition coefficient (Wildman–Crippen LogP) is 2.49. The van der Waals surface area contributed by atoms with Crippen molar-refractivity contribution in [2.75, 3.05) is 13.1 Å². The SMILES string of the molecule is O=Cc1cccc(CN2CCCCC2)c1. The number of benzene rings is 1. The molecule has 0 unspecified atom stereocenters. The minimum atomic E-state index is 0.782. The molecule has 15 heavy (non-hydrogen) atoms. The van der Waals surface area contributed by atoms with E-state index in [2.05, 4.69) is 11.0 Å². The summed E-state index contributed by atoms with van der Waals surface area (Å²) in [5.41, 5.74) is 2.03. The van der Waals surface area contributed by atoms with Crippen molar-refractivity contribution in [2.45, 2.75) is 25.8 Å². The van der Waals surface area contributed by atoms with Gasteiger partial charge in [0.15, 0.2) is 0 Å². The fourth-order valence-corrected chi connectivity index (χ4v) is 2.14. The Morgan fingerprint density at radius 3 is 2.73 bits per heavy atom. The molecule has 0 aromatic heterocycles. The number of nitrogens with zero attached hydrogens (tertiary/aromatic N) is 1. The molecule has 2 rings (SSSR count). The highest BCUT2D eigenvalue weighted by Crippen LogP contribution is 2.13. The van der Waals surface area contributed by atoms with Crippen LogP contribution in [-0.4, -0.2) is 24.3 Å². The Kier molecular flexibility index (Phi) is 3.51. The maximum absolute atomic E-state index is 10.6. The van der Waals surface area contributed by atoms with Crippen LogP contribution in [0, 0.1) is 0 Å². The van der Waals surface area contributed by atoms with Gasteiger partial charge in [-0.2, -0.15) is 0 Å². The number of carbonyl (C=O) groups is 1. The van der Waals surface area contributed by atoms with Crippen LogP contribution in [0.4, 0.5) is 0 Å². The smallest absolute Gasteiger partial charge is 0.150 e. The third-order valence-electron chi connectivity index (χ3n) is 2.94. The molecule has 1 heterocycles. The van der Waals surface area contributed by atoms with E-state index < -0.39 is 0 Å². The van der Waals surface area contributed by atoms with E-state index in [0.717, 1.165) is 18.4 Å². The number of piperidine rings is 1. The normalized spacial score (nSPS) is 17.6. The highest BCUT2D eigenvalue weighted by molar-refractivity contribution is 5.74. The molecule has 2 nitrogen and oxygen atoms in total. The van der Waals surface area contributed by atoms with Gasteiger partial charge >= 0.3 is 0 Å². The summed E-state index contributed by atoms with van der Waals surface area (Å²) in [6.45, 7) is 3.39. The first-order chi connectivity index (χ1) is 7.38. The molecule has 1 saturated heterocycles. The molecule has 1 aromatic rings. The van der Waals surface area contributed by atoms with E-state index in [1.807, 2.05) is 18.2 Å². The molecule has 0 atom stereocenters. The van der Waals surface area contributed by atoms with Crippen molar-refractivity contribution in [3.8, 4) is 0 Å². The number of hydrogen-bond donors (Lipinski definition) is 0. The Labute approximate surface area is 90.9 Å². The highest BCUT2D eigenvalue weighted by Gasteiger charge is 2.10. The first-order valence-corrected chi connectivity index (χ1v) is 5.65. The van der Waals surface area contributed by atoms with E-state index in [9.17, 15) is 4.79 Å². The number of aldehydes is 1. The van der Waals surface area contributed by atoms with Crippen LogP contribution in [0.15, 0.2) is 24.3 Å². The topological polar surface area (TPSA) is 20.3 Å². The lowest BCUT2D eigenvalue weighted by molar-refractivity contribution is 0.112. The third kappa shape index (κ3) is 2.90. The molecule has 1 aliphatic rings. The van der Waals surface area contributed by atoms with Gasteiger partial charge in [-0.05, 0) is 37.6 Å². The summed E-state index contributed by atoms with van der Waals surface area (Å²) in [5, 5.41) is 0. The van der Waals surface area contributed by atoms with Crippen molar-refractivity contribution in [1.29, 1.82) is 0 Å². The van der Waals surface area contributed by atoms with Gasteiger partial charge in [0.05, 0.1) is 0 Å². The van der Waals surface area contributed by atoms with Gasteiger partial charge < -0.3 is 0 Å². The van der Waals surface area contributed by atoms with Gasteiger partial charge in [0, 0.05) is 12.1 Å². The average molecular weight is 203 g/mol. The number of carbonyl (C=O) groups excluding carboxylic acids is 1. The van der Waals surface area contributed by atoms with E-state index in [1.165, 1.54) is 37.9 Å². The van der Waals surface area contributed by atoms with Gasteiger partial charge in [-0.25, -0.2) is 0 Å². The molecule has 1 aliphatic heterocycles. The zero-order chi connectivity index (χ0) is 10.5. The minimum absolute atomic E-state index is 0.782. The van der Waals surface area contributed by atoms with Crippen molar-refractivity contribution in [3.05, 3.63) is 35.4 Å². The molecule has 1 fully saturated rings. The predicted molar refractivity (Wildman–Crippen MR) is 61.0 cm³/mol. The summed E-state index contributed by atoms with van der Waals surface area (Å²) < 4.78 is 0. The van der Waals surface area contributed by atoms with Gasteiger partial charge in [0.1, 0.15) is 6.29 Å². The number of rotatable bonds is 3. The highest BCUT2D eigenvalue weighted by atomic mass is 16.1. The molecule has 0 saturated carbocycles. The van der Waals surface area contributed by atoms with E-state index >= 15 is 0 Å². The summed E-state index contributed by atoms with van der Waals surface area (Å²) in [6.07, 6.45) is 4.91. The fourth-order valence-electron chi connectivity index (χ4n) is 2.14. The van der Waals surface area contributed by atoms with Crippen molar-refractivity contribution < 1.29 is 4.79 Å². The van der Waals surface area contributed by atoms with Crippen LogP contribution in [0.5, 0.6) is 0 Å². The van der Waals surface area contributed by atoms with Crippen molar-refractivity contribution in [2.24, 2.45) is 0 Å². The van der Waals surface area contributed by atoms with E-state index in [-0.39, 0.29) is 0 Å². The van der Waals surface area contributed by atoms with Gasteiger partial charge in [-0.3, -0.25) is 9.69 Å². The average Bonchev–Trinajstić information content (AvgIpc) is 2.31. The molecule has 0 N–H and O–H groups in total. The van der Waals surface area contributed by atoms with Crippen LogP contribution in [0.2, 0.25) is 0 Å². The van der Waals surface area contributed by atoms with Crippen LogP contribution in [0.25, 0.3) is 0 Å². The zero-order valence-electron chi connectivity index (χ0n) is 8.98. The standard InChI is InChI=1S/C13H17NO/c15-11-13-6-4-5-12(9-13)10-14-7-2-1-3-8-14/h4-6,9,11H,1-3,7-8,10H2. The van der Waals surface area contributed by atoms with Crippen LogP contribution < -0.4 is 0 Å². The maximum Gasteiger partial charge on any atom is 0.150 e. The maximum atomic E-state index is 10.6. The van der Waals surface area contributed by atoms with Gasteiger partial charge in [-0.1, -0.05) is 24.6 Å². The summed E-state index contributed by atoms with van der Waals surface area (Å²) in [7, 11) is 0. The quantitative estimate of drug-likeness (QED) is 0.703. The summed E-state index contributed by atoms with van der Waals surface area (Å²) in [6, 6.07) is 7.90. The van der Waals surface area contributed by atoms with Crippen LogP contribution in [0.1, 0.15) is 35.2 Å². The van der Waals surface area contributed by atoms with Crippen molar-refractivity contribution >= 4 is 6.29 Å². The Morgan fingerprint density at radius 2 is 2.00 bits per heavy atom. The Balaban J connectivity index is 1.99. The molecule has 0 spiro atoms. The lowest BCUT2D eigenvalue weighted by atomic mass is 10.1. The second-order valence-electron chi connectivity index (χ2n) is 4.20. The second kappa shape index (κ2) is 5.08. The molecular formula is C13H17NO. The molecule has 0 aliphatic carbocycles. The van der Waals surface area contributed by atoms with Crippen molar-refractivity contribution in [1.82, 2.24) is 4.90 Å². The largest absolute Gasteiger partial charge is 0.299 e. The molecule has 2 heteroatoms. The van der Waals surface area contributed by atoms with E-state index in [4.69, 9.17) is 0 Å². The molecule has 1 aromatic carbocycles. The Bertz CT molecular complexity index is 329. The molecular weight excluding hydrogens is 186 g/mol. The minimum Gasteiger partial charge on any atom is -0.299 e. The van der Waals surface area contributed by atoms with Crippen LogP contribution >= 0.6 is 0 Å². The number of hydrogen-bond acceptors (Lipinski definition) is 2. The van der Waals surface area contributed by atoms with Crippen LogP contribution in [0.3, 0.4) is 0 Å². The van der Waals surface area contributed by atoms with Gasteiger partial charge in [0.2, 0.25) is 0 Å². The van der Waals surface area contributed by atoms with Crippen LogP contribution in [-0.2, 0) is 6.54 Å². The second-order valence-corrected chi connectivity index (χ2v) is 4.20. The van der Waals surface area contributed by atoms with E-state index in [1.54, 1.807) is 0 Å². The zero-order valence-corrected chi connectivity index (χ0v) is 8.98. The third-order valence-corrected chi connectivity index (χ3v) is 2.94. The summed E-state index contributed by atoms with van der Waals surface area (Å²) in [4.78, 5) is 13.1. The Hall–Kier alpha value is -1.15. The molecule has 0 radical (unpaired) electrons. The first-order valence-electron chi connectivity index (χ1n) is 5.65. The fraction of sp³-hybridized carbons (Fsp3) is 0.462. The van der Waals surface area contributed by atoms with Gasteiger partial charge in [0.25, 0.3) is 0 Å². The lowest BCUT2D eigenvalue weighted by Crippen LogP contribution is -2.29. The number of likely N-dealkylation sites (tertiary alicyclic amines) is 1. The lowest BCUT2D eigenvalue weighted by Gasteiger charge is -2.26. The van der Waals surface area contributed by atoms with E-state index in [0.29, 0.717) is 0 Å². The summed E-state index contributed by atoms with van der Waals surface area (Å²) >= 11 is 0. The molecule has 80 valence electrons. The molecule has 0 bridgehead atoms. The first kappa shape index (κ1) is 10.4. The van der Waals surface area contributed by atoms with Gasteiger partial charge in [-0.15, -0.1) is 0 Å². The Morgan fingerprint density at radius 1 is 1.20 bits per heavy atom.